The zero-order valence-corrected chi connectivity index (χ0v) is 19.2. The van der Waals surface area contributed by atoms with Gasteiger partial charge in [-0.25, -0.2) is 0 Å². The molecule has 182 valence electrons. The summed E-state index contributed by atoms with van der Waals surface area (Å²) >= 11 is 0. The van der Waals surface area contributed by atoms with Crippen molar-refractivity contribution in [3.63, 3.8) is 0 Å². The highest BCUT2D eigenvalue weighted by atomic mass is 19.4. The largest absolute Gasteiger partial charge is 0.416 e. The zero-order chi connectivity index (χ0) is 24.5. The molecule has 0 radical (unpaired) electrons. The SMILES string of the molecule is CC1CC=C(NC(=O)c2cccc(C(F)(F)F)c2)C=C1C1(C)C=C(N2CCOCC2)C=C(N)N1. The van der Waals surface area contributed by atoms with Gasteiger partial charge in [-0.1, -0.05) is 19.1 Å². The number of amides is 1. The lowest BCUT2D eigenvalue weighted by molar-refractivity contribution is -0.137. The number of hydrogen-bond donors (Lipinski definition) is 3. The minimum Gasteiger partial charge on any atom is -0.385 e. The lowest BCUT2D eigenvalue weighted by atomic mass is 9.77. The lowest BCUT2D eigenvalue weighted by Crippen LogP contribution is -2.50. The van der Waals surface area contributed by atoms with Crippen molar-refractivity contribution in [2.24, 2.45) is 11.7 Å². The van der Waals surface area contributed by atoms with E-state index < -0.39 is 23.2 Å². The first-order valence-electron chi connectivity index (χ1n) is 11.3. The van der Waals surface area contributed by atoms with Crippen LogP contribution in [0.2, 0.25) is 0 Å². The fourth-order valence-corrected chi connectivity index (χ4v) is 4.62. The van der Waals surface area contributed by atoms with Crippen molar-refractivity contribution in [3.8, 4) is 0 Å². The number of carbonyl (C=O) groups excluding carboxylic acids is 1. The summed E-state index contributed by atoms with van der Waals surface area (Å²) in [5.41, 5.74) is 7.34. The Morgan fingerprint density at radius 1 is 1.26 bits per heavy atom. The maximum absolute atomic E-state index is 13.0. The van der Waals surface area contributed by atoms with E-state index in [9.17, 15) is 18.0 Å². The summed E-state index contributed by atoms with van der Waals surface area (Å²) in [6, 6.07) is 4.41. The second-order valence-electron chi connectivity index (χ2n) is 9.02. The molecule has 4 N–H and O–H groups in total. The summed E-state index contributed by atoms with van der Waals surface area (Å²) in [6.07, 6.45) is 3.98. The molecule has 3 aliphatic rings. The van der Waals surface area contributed by atoms with Crippen LogP contribution in [0.15, 0.2) is 71.4 Å². The number of nitrogens with zero attached hydrogens (tertiary/aromatic N) is 1. The molecule has 2 aliphatic heterocycles. The molecule has 1 fully saturated rings. The van der Waals surface area contributed by atoms with Crippen LogP contribution < -0.4 is 16.4 Å². The Morgan fingerprint density at radius 2 is 2.00 bits per heavy atom. The molecule has 6 nitrogen and oxygen atoms in total. The van der Waals surface area contributed by atoms with Crippen LogP contribution in [0, 0.1) is 5.92 Å². The smallest absolute Gasteiger partial charge is 0.385 e. The third-order valence-electron chi connectivity index (χ3n) is 6.36. The number of rotatable bonds is 4. The number of nitrogens with two attached hydrogens (primary N) is 1. The molecule has 1 aromatic rings. The highest BCUT2D eigenvalue weighted by Gasteiger charge is 2.35. The number of morpholine rings is 1. The molecule has 0 aromatic heterocycles. The van der Waals surface area contributed by atoms with Crippen LogP contribution in [0.4, 0.5) is 13.2 Å². The molecule has 1 aliphatic carbocycles. The highest BCUT2D eigenvalue weighted by molar-refractivity contribution is 5.95. The summed E-state index contributed by atoms with van der Waals surface area (Å²) in [5.74, 6) is 0.122. The normalized spacial score (nSPS) is 25.4. The van der Waals surface area contributed by atoms with Gasteiger partial charge < -0.3 is 26.0 Å². The van der Waals surface area contributed by atoms with Gasteiger partial charge in [-0.05, 0) is 55.2 Å². The Bertz CT molecular complexity index is 1080. The molecule has 2 heterocycles. The Morgan fingerprint density at radius 3 is 2.71 bits per heavy atom. The predicted octanol–water partition coefficient (Wildman–Crippen LogP) is 3.66. The Hall–Kier alpha value is -3.20. The van der Waals surface area contributed by atoms with Crippen LogP contribution >= 0.6 is 0 Å². The molecule has 4 rings (SSSR count). The quantitative estimate of drug-likeness (QED) is 0.621. The molecule has 1 amide bonds. The minimum absolute atomic E-state index is 0.0482. The first-order valence-corrected chi connectivity index (χ1v) is 11.3. The van der Waals surface area contributed by atoms with E-state index in [1.165, 1.54) is 12.1 Å². The second kappa shape index (κ2) is 9.21. The van der Waals surface area contributed by atoms with Gasteiger partial charge in [0.15, 0.2) is 0 Å². The number of halogens is 3. The molecule has 2 atom stereocenters. The number of ether oxygens (including phenoxy) is 1. The van der Waals surface area contributed by atoms with E-state index in [-0.39, 0.29) is 11.5 Å². The van der Waals surface area contributed by atoms with E-state index in [1.807, 2.05) is 25.2 Å². The van der Waals surface area contributed by atoms with Crippen LogP contribution in [0.1, 0.15) is 36.2 Å². The van der Waals surface area contributed by atoms with Gasteiger partial charge in [-0.2, -0.15) is 13.2 Å². The molecule has 1 aromatic carbocycles. The van der Waals surface area contributed by atoms with Crippen LogP contribution in [0.25, 0.3) is 0 Å². The maximum Gasteiger partial charge on any atom is 0.416 e. The Balaban J connectivity index is 1.57. The topological polar surface area (TPSA) is 79.6 Å². The molecular formula is C25H29F3N4O2. The number of carbonyl (C=O) groups is 1. The van der Waals surface area contributed by atoms with Gasteiger partial charge in [0.25, 0.3) is 5.91 Å². The minimum atomic E-state index is -4.51. The summed E-state index contributed by atoms with van der Waals surface area (Å²) in [6.45, 7) is 6.99. The standard InChI is InChI=1S/C25H29F3N4O2/c1-16-6-7-19(30-23(33)17-4-3-5-18(12-17)25(26,27)28)13-21(16)24(2)15-20(14-22(29)31-24)32-8-10-34-11-9-32/h3-5,7,12-16,31H,6,8-11,29H2,1-2H3,(H,30,33). The average molecular weight is 475 g/mol. The monoisotopic (exact) mass is 474 g/mol. The average Bonchev–Trinajstić information content (AvgIpc) is 2.80. The van der Waals surface area contributed by atoms with Crippen LogP contribution in [0.3, 0.4) is 0 Å². The number of hydrogen-bond acceptors (Lipinski definition) is 5. The molecule has 0 bridgehead atoms. The van der Waals surface area contributed by atoms with Crippen molar-refractivity contribution in [2.75, 3.05) is 26.3 Å². The van der Waals surface area contributed by atoms with Crippen LogP contribution in [0.5, 0.6) is 0 Å². The first kappa shape index (κ1) is 23.9. The molecular weight excluding hydrogens is 445 g/mol. The third-order valence-corrected chi connectivity index (χ3v) is 6.36. The number of dihydropyridines is 1. The van der Waals surface area contributed by atoms with Gasteiger partial charge in [-0.3, -0.25) is 4.79 Å². The number of allylic oxidation sites excluding steroid dienone is 3. The number of nitrogens with one attached hydrogen (secondary N) is 2. The van der Waals surface area contributed by atoms with Crippen molar-refractivity contribution in [3.05, 3.63) is 82.5 Å². The third kappa shape index (κ3) is 5.14. The van der Waals surface area contributed by atoms with Crippen molar-refractivity contribution in [1.82, 2.24) is 15.5 Å². The van der Waals surface area contributed by atoms with Gasteiger partial charge in [0.1, 0.15) is 0 Å². The van der Waals surface area contributed by atoms with E-state index in [2.05, 4.69) is 28.5 Å². The van der Waals surface area contributed by atoms with Gasteiger partial charge in [-0.15, -0.1) is 0 Å². The van der Waals surface area contributed by atoms with Gasteiger partial charge in [0, 0.05) is 36.1 Å². The van der Waals surface area contributed by atoms with E-state index in [0.717, 1.165) is 36.5 Å². The fourth-order valence-electron chi connectivity index (χ4n) is 4.62. The molecule has 2 unspecified atom stereocenters. The molecule has 9 heteroatoms. The molecule has 0 saturated carbocycles. The first-order chi connectivity index (χ1) is 16.0. The maximum atomic E-state index is 13.0. The van der Waals surface area contributed by atoms with E-state index in [1.54, 1.807) is 0 Å². The van der Waals surface area contributed by atoms with E-state index >= 15 is 0 Å². The molecule has 34 heavy (non-hydrogen) atoms. The van der Waals surface area contributed by atoms with Gasteiger partial charge in [0.2, 0.25) is 0 Å². The predicted molar refractivity (Wildman–Crippen MR) is 123 cm³/mol. The van der Waals surface area contributed by atoms with Gasteiger partial charge >= 0.3 is 6.18 Å². The van der Waals surface area contributed by atoms with Crippen molar-refractivity contribution >= 4 is 5.91 Å². The van der Waals surface area contributed by atoms with Crippen molar-refractivity contribution in [2.45, 2.75) is 32.0 Å². The van der Waals surface area contributed by atoms with Crippen LogP contribution in [-0.2, 0) is 10.9 Å². The Labute approximate surface area is 197 Å². The van der Waals surface area contributed by atoms with Crippen molar-refractivity contribution < 1.29 is 22.7 Å². The molecule has 0 spiro atoms. The number of benzene rings is 1. The van der Waals surface area contributed by atoms with Crippen molar-refractivity contribution in [1.29, 1.82) is 0 Å². The second-order valence-corrected chi connectivity index (χ2v) is 9.02. The Kier molecular flexibility index (Phi) is 6.49. The van der Waals surface area contributed by atoms with E-state index in [0.29, 0.717) is 31.2 Å². The fraction of sp³-hybridized carbons (Fsp3) is 0.400. The molecule has 1 saturated heterocycles. The summed E-state index contributed by atoms with van der Waals surface area (Å²) < 4.78 is 44.6. The highest BCUT2D eigenvalue weighted by Crippen LogP contribution is 2.36. The summed E-state index contributed by atoms with van der Waals surface area (Å²) in [5, 5.41) is 6.13. The zero-order valence-electron chi connectivity index (χ0n) is 19.2. The van der Waals surface area contributed by atoms with Gasteiger partial charge in [0.05, 0.1) is 30.1 Å². The summed E-state index contributed by atoms with van der Waals surface area (Å²) in [7, 11) is 0. The lowest BCUT2D eigenvalue weighted by Gasteiger charge is -2.41. The summed E-state index contributed by atoms with van der Waals surface area (Å²) in [4.78, 5) is 15.0. The van der Waals surface area contributed by atoms with E-state index in [4.69, 9.17) is 10.5 Å². The van der Waals surface area contributed by atoms with Crippen LogP contribution in [-0.4, -0.2) is 42.6 Å². The number of alkyl halides is 3.